The van der Waals surface area contributed by atoms with E-state index in [1.54, 1.807) is 29.2 Å². The fourth-order valence-electron chi connectivity index (χ4n) is 6.70. The third kappa shape index (κ3) is 6.71. The number of aliphatic carboxylic acids is 1. The van der Waals surface area contributed by atoms with Gasteiger partial charge in [-0.05, 0) is 65.6 Å². The molecule has 1 saturated carbocycles. The number of rotatable bonds is 9. The number of carbonyl (C=O) groups is 4. The van der Waals surface area contributed by atoms with Crippen LogP contribution >= 0.6 is 23.2 Å². The Morgan fingerprint density at radius 2 is 1.52 bits per heavy atom. The molecule has 3 fully saturated rings. The zero-order valence-electron chi connectivity index (χ0n) is 24.8. The lowest BCUT2D eigenvalue weighted by Gasteiger charge is -2.50. The van der Waals surface area contributed by atoms with E-state index in [4.69, 9.17) is 23.2 Å². The van der Waals surface area contributed by atoms with Crippen LogP contribution in [0.15, 0.2) is 79.1 Å². The van der Waals surface area contributed by atoms with Crippen molar-refractivity contribution < 1.29 is 24.3 Å². The number of halogens is 2. The summed E-state index contributed by atoms with van der Waals surface area (Å²) >= 11 is 12.2. The number of carboxylic acids is 1. The highest BCUT2D eigenvalue weighted by Gasteiger charge is 2.47. The van der Waals surface area contributed by atoms with Gasteiger partial charge in [0.05, 0.1) is 22.0 Å². The van der Waals surface area contributed by atoms with Crippen LogP contribution < -0.4 is 10.6 Å². The molecule has 2 saturated heterocycles. The molecule has 11 heteroatoms. The Kier molecular flexibility index (Phi) is 9.24. The average Bonchev–Trinajstić information content (AvgIpc) is 3.05. The number of aromatic nitrogens is 1. The summed E-state index contributed by atoms with van der Waals surface area (Å²) in [6.45, 7) is 0. The molecule has 9 nitrogen and oxygen atoms in total. The molecular weight excluding hydrogens is 627 g/mol. The number of hydrogen-bond acceptors (Lipinski definition) is 5. The Labute approximate surface area is 275 Å². The third-order valence-electron chi connectivity index (χ3n) is 8.95. The summed E-state index contributed by atoms with van der Waals surface area (Å²) < 4.78 is 0. The first-order chi connectivity index (χ1) is 22.2. The Bertz CT molecular complexity index is 1790. The predicted molar refractivity (Wildman–Crippen MR) is 176 cm³/mol. The van der Waals surface area contributed by atoms with Crippen molar-refractivity contribution in [2.75, 3.05) is 5.32 Å². The average molecular weight is 660 g/mol. The van der Waals surface area contributed by atoms with Crippen LogP contribution in [0.1, 0.15) is 47.2 Å². The van der Waals surface area contributed by atoms with Crippen molar-refractivity contribution in [3.63, 3.8) is 0 Å². The second kappa shape index (κ2) is 13.5. The fraction of sp³-hybridized carbons (Fsp3) is 0.286. The molecule has 4 aromatic rings. The molecule has 7 rings (SSSR count). The van der Waals surface area contributed by atoms with Gasteiger partial charge >= 0.3 is 5.97 Å². The zero-order valence-corrected chi connectivity index (χ0v) is 26.3. The fourth-order valence-corrected chi connectivity index (χ4v) is 7.24. The Morgan fingerprint density at radius 3 is 2.20 bits per heavy atom. The van der Waals surface area contributed by atoms with Crippen molar-refractivity contribution >= 4 is 63.4 Å². The zero-order chi connectivity index (χ0) is 32.4. The van der Waals surface area contributed by atoms with Crippen LogP contribution in [-0.2, 0) is 27.2 Å². The van der Waals surface area contributed by atoms with Crippen LogP contribution in [0.3, 0.4) is 0 Å². The van der Waals surface area contributed by atoms with Crippen LogP contribution in [0.4, 0.5) is 5.69 Å². The maximum absolute atomic E-state index is 13.8. The number of pyridine rings is 1. The molecule has 236 valence electrons. The second-order valence-electron chi connectivity index (χ2n) is 11.9. The van der Waals surface area contributed by atoms with Gasteiger partial charge in [-0.15, -0.1) is 0 Å². The topological polar surface area (TPSA) is 129 Å². The first-order valence-electron chi connectivity index (χ1n) is 15.2. The monoisotopic (exact) mass is 658 g/mol. The molecule has 3 aromatic carbocycles. The quantitative estimate of drug-likeness (QED) is 0.205. The van der Waals surface area contributed by atoms with Gasteiger partial charge < -0.3 is 20.6 Å². The van der Waals surface area contributed by atoms with E-state index in [-0.39, 0.29) is 46.3 Å². The first-order valence-corrected chi connectivity index (χ1v) is 15.9. The summed E-state index contributed by atoms with van der Waals surface area (Å²) in [5.41, 5.74) is 2.06. The highest BCUT2D eigenvalue weighted by Crippen LogP contribution is 2.40. The minimum absolute atomic E-state index is 0.0170. The summed E-state index contributed by atoms with van der Waals surface area (Å²) in [5.74, 6) is -2.28. The van der Waals surface area contributed by atoms with Crippen LogP contribution in [-0.4, -0.2) is 56.8 Å². The highest BCUT2D eigenvalue weighted by atomic mass is 35.5. The van der Waals surface area contributed by atoms with Gasteiger partial charge in [-0.3, -0.25) is 19.4 Å². The smallest absolute Gasteiger partial charge is 0.326 e. The molecule has 2 bridgehead atoms. The number of amides is 3. The number of hydrogen-bond donors (Lipinski definition) is 3. The number of anilines is 1. The number of carbonyl (C=O) groups excluding carboxylic acids is 3. The first kappa shape index (κ1) is 31.5. The van der Waals surface area contributed by atoms with Crippen molar-refractivity contribution in [3.8, 4) is 0 Å². The standard InChI is InChI=1S/C35H32Cl2N4O5/c36-27-18-38-19-28(37)31(27)33(43)39-25-11-6-20(7-12-25)16-29(35(45)46)40-34(44)32-23-9-13-26(14-10-23)41(32)30(42)17-21-5-8-22-3-1-2-4-24(22)15-21/h1-8,11-12,15,18-19,23,26,29,32H,9-10,13-14,16-17H2,(H,39,43)(H,40,44)(H,45,46). The van der Waals surface area contributed by atoms with Gasteiger partial charge in [0.2, 0.25) is 11.8 Å². The lowest BCUT2D eigenvalue weighted by Crippen LogP contribution is -2.64. The second-order valence-corrected chi connectivity index (χ2v) is 12.7. The van der Waals surface area contributed by atoms with Gasteiger partial charge in [-0.1, -0.05) is 77.8 Å². The van der Waals surface area contributed by atoms with Gasteiger partial charge in [0.15, 0.2) is 0 Å². The lowest BCUT2D eigenvalue weighted by molar-refractivity contribution is -0.154. The number of benzene rings is 3. The number of nitrogens with one attached hydrogen (secondary N) is 2. The molecule has 2 aliphatic heterocycles. The van der Waals surface area contributed by atoms with E-state index in [2.05, 4.69) is 15.6 Å². The molecular formula is C35H32Cl2N4O5. The van der Waals surface area contributed by atoms with Gasteiger partial charge in [0.25, 0.3) is 5.91 Å². The molecule has 1 aliphatic carbocycles. The molecule has 3 N–H and O–H groups in total. The third-order valence-corrected chi connectivity index (χ3v) is 9.53. The molecule has 3 heterocycles. The summed E-state index contributed by atoms with van der Waals surface area (Å²) in [6.07, 6.45) is 6.15. The van der Waals surface area contributed by atoms with Crippen molar-refractivity contribution in [1.29, 1.82) is 0 Å². The molecule has 1 aromatic heterocycles. The predicted octanol–water partition coefficient (Wildman–Crippen LogP) is 5.92. The maximum Gasteiger partial charge on any atom is 0.326 e. The van der Waals surface area contributed by atoms with Gasteiger partial charge in [-0.25, -0.2) is 4.79 Å². The van der Waals surface area contributed by atoms with Gasteiger partial charge in [0, 0.05) is 30.5 Å². The number of fused-ring (bicyclic) bond motifs is 4. The van der Waals surface area contributed by atoms with Gasteiger partial charge in [-0.2, -0.15) is 0 Å². The van der Waals surface area contributed by atoms with Crippen molar-refractivity contribution in [2.24, 2.45) is 5.92 Å². The van der Waals surface area contributed by atoms with E-state index >= 15 is 0 Å². The molecule has 0 radical (unpaired) electrons. The molecule has 2 atom stereocenters. The van der Waals surface area contributed by atoms with Crippen molar-refractivity contribution in [1.82, 2.24) is 15.2 Å². The van der Waals surface area contributed by atoms with E-state index in [1.165, 1.54) is 12.4 Å². The number of carboxylic acid groups (broad SMARTS) is 1. The summed E-state index contributed by atoms with van der Waals surface area (Å²) in [4.78, 5) is 58.1. The normalized spacial score (nSPS) is 19.4. The highest BCUT2D eigenvalue weighted by molar-refractivity contribution is 6.40. The van der Waals surface area contributed by atoms with E-state index < -0.39 is 29.9 Å². The Morgan fingerprint density at radius 1 is 0.870 bits per heavy atom. The Hall–Kier alpha value is -4.47. The molecule has 46 heavy (non-hydrogen) atoms. The van der Waals surface area contributed by atoms with Crippen LogP contribution in [0.2, 0.25) is 10.0 Å². The molecule has 3 aliphatic rings. The van der Waals surface area contributed by atoms with E-state index in [0.29, 0.717) is 11.3 Å². The molecule has 2 unspecified atom stereocenters. The SMILES string of the molecule is O=C(Nc1ccc(CC(NC(=O)C2C3CCC(CC3)N2C(=O)Cc2ccc3ccccc3c2)C(=O)O)cc1)c1c(Cl)cncc1Cl. The largest absolute Gasteiger partial charge is 0.480 e. The molecule has 0 spiro atoms. The maximum atomic E-state index is 13.8. The van der Waals surface area contributed by atoms with Crippen molar-refractivity contribution in [2.45, 2.75) is 56.7 Å². The van der Waals surface area contributed by atoms with Crippen LogP contribution in [0, 0.1) is 5.92 Å². The van der Waals surface area contributed by atoms with Crippen molar-refractivity contribution in [3.05, 3.63) is 106 Å². The van der Waals surface area contributed by atoms with E-state index in [1.807, 2.05) is 42.5 Å². The van der Waals surface area contributed by atoms with Crippen LogP contribution in [0.5, 0.6) is 0 Å². The summed E-state index contributed by atoms with van der Waals surface area (Å²) in [6, 6.07) is 18.5. The lowest BCUT2D eigenvalue weighted by atomic mass is 9.74. The number of nitrogens with zero attached hydrogens (tertiary/aromatic N) is 2. The van der Waals surface area contributed by atoms with E-state index in [0.717, 1.165) is 42.0 Å². The van der Waals surface area contributed by atoms with Gasteiger partial charge in [0.1, 0.15) is 12.1 Å². The van der Waals surface area contributed by atoms with Crippen LogP contribution in [0.25, 0.3) is 10.8 Å². The minimum Gasteiger partial charge on any atom is -0.480 e. The minimum atomic E-state index is -1.21. The number of piperidine rings is 2. The summed E-state index contributed by atoms with van der Waals surface area (Å²) in [7, 11) is 0. The molecule has 3 amide bonds. The summed E-state index contributed by atoms with van der Waals surface area (Å²) in [5, 5.41) is 17.9. The van der Waals surface area contributed by atoms with E-state index in [9.17, 15) is 24.3 Å². The Balaban J connectivity index is 1.13.